The zero-order valence-electron chi connectivity index (χ0n) is 23.4. The summed E-state index contributed by atoms with van der Waals surface area (Å²) in [6.07, 6.45) is 2.29. The zero-order chi connectivity index (χ0) is 27.6. The fourth-order valence-electron chi connectivity index (χ4n) is 5.69. The van der Waals surface area contributed by atoms with Gasteiger partial charge in [0.25, 0.3) is 0 Å². The van der Waals surface area contributed by atoms with Crippen molar-refractivity contribution in [2.45, 2.75) is 38.0 Å². The van der Waals surface area contributed by atoms with Crippen LogP contribution in [0.15, 0.2) is 48.5 Å². The maximum atomic E-state index is 12.6. The van der Waals surface area contributed by atoms with Crippen molar-refractivity contribution in [3.05, 3.63) is 59.8 Å². The quantitative estimate of drug-likeness (QED) is 0.440. The standard InChI is InChI=1S/C30H37N7O3/c1-35(2)14-15-40-25-12-8-22(9-13-25)32-30(38)31-21-6-4-20(5-7-21)28-33-27-17-36(3)16-26(27)29(34-28)37-23-10-11-24(37)19-39-18-23/h4-9,12-13,23-24H,10-11,14-19H2,1-3H3,(H2,31,32,38). The third kappa shape index (κ3) is 5.74. The Bertz CT molecular complexity index is 1330. The van der Waals surface area contributed by atoms with E-state index < -0.39 is 0 Å². The summed E-state index contributed by atoms with van der Waals surface area (Å²) in [7, 11) is 6.14. The predicted octanol–water partition coefficient (Wildman–Crippen LogP) is 4.04. The number of benzene rings is 2. The van der Waals surface area contributed by atoms with Crippen LogP contribution in [0.2, 0.25) is 0 Å². The Morgan fingerprint density at radius 1 is 0.975 bits per heavy atom. The van der Waals surface area contributed by atoms with Crippen molar-refractivity contribution < 1.29 is 14.3 Å². The number of anilines is 3. The first-order valence-corrected chi connectivity index (χ1v) is 13.9. The van der Waals surface area contributed by atoms with E-state index in [2.05, 4.69) is 32.4 Å². The number of aromatic nitrogens is 2. The molecule has 6 rings (SSSR count). The SMILES string of the molecule is CN(C)CCOc1ccc(NC(=O)Nc2ccc(-c3nc4c(c(N5C6CCC5COC6)n3)CN(C)C4)cc2)cc1. The first-order chi connectivity index (χ1) is 19.4. The lowest BCUT2D eigenvalue weighted by Gasteiger charge is -2.36. The molecule has 2 saturated heterocycles. The van der Waals surface area contributed by atoms with Crippen LogP contribution in [-0.2, 0) is 17.8 Å². The number of urea groups is 1. The summed E-state index contributed by atoms with van der Waals surface area (Å²) in [5.41, 5.74) is 4.65. The van der Waals surface area contributed by atoms with Gasteiger partial charge in [0.05, 0.1) is 31.0 Å². The van der Waals surface area contributed by atoms with E-state index in [1.165, 1.54) is 5.56 Å². The summed E-state index contributed by atoms with van der Waals surface area (Å²) in [6, 6.07) is 15.5. The second kappa shape index (κ2) is 11.4. The normalized spacial score (nSPS) is 20.1. The molecule has 210 valence electrons. The number of fused-ring (bicyclic) bond motifs is 3. The van der Waals surface area contributed by atoms with Crippen LogP contribution in [0.25, 0.3) is 11.4 Å². The highest BCUT2D eigenvalue weighted by Crippen LogP contribution is 2.39. The van der Waals surface area contributed by atoms with Gasteiger partial charge in [0, 0.05) is 42.1 Å². The number of ether oxygens (including phenoxy) is 2. The van der Waals surface area contributed by atoms with E-state index in [1.807, 2.05) is 62.6 Å². The van der Waals surface area contributed by atoms with Crippen LogP contribution >= 0.6 is 0 Å². The van der Waals surface area contributed by atoms with Gasteiger partial charge in [0.15, 0.2) is 5.82 Å². The molecule has 2 aromatic carbocycles. The smallest absolute Gasteiger partial charge is 0.323 e. The number of nitrogens with one attached hydrogen (secondary N) is 2. The highest BCUT2D eigenvalue weighted by Gasteiger charge is 2.40. The number of nitrogens with zero attached hydrogens (tertiary/aromatic N) is 5. The van der Waals surface area contributed by atoms with Crippen molar-refractivity contribution in [3.63, 3.8) is 0 Å². The third-order valence-electron chi connectivity index (χ3n) is 7.72. The number of hydrogen-bond donors (Lipinski definition) is 2. The molecule has 0 radical (unpaired) electrons. The topological polar surface area (TPSA) is 95.1 Å². The molecule has 10 nitrogen and oxygen atoms in total. The lowest BCUT2D eigenvalue weighted by atomic mass is 10.1. The fourth-order valence-corrected chi connectivity index (χ4v) is 5.69. The Morgan fingerprint density at radius 3 is 2.27 bits per heavy atom. The van der Waals surface area contributed by atoms with E-state index in [4.69, 9.17) is 19.4 Å². The molecular weight excluding hydrogens is 506 g/mol. The van der Waals surface area contributed by atoms with Crippen LogP contribution in [0, 0.1) is 0 Å². The van der Waals surface area contributed by atoms with Crippen LogP contribution in [0.3, 0.4) is 0 Å². The average Bonchev–Trinajstić information content (AvgIpc) is 3.43. The van der Waals surface area contributed by atoms with Gasteiger partial charge in [-0.2, -0.15) is 0 Å². The lowest BCUT2D eigenvalue weighted by molar-refractivity contribution is 0.0901. The fraction of sp³-hybridized carbons (Fsp3) is 0.433. The van der Waals surface area contributed by atoms with Crippen molar-refractivity contribution in [2.75, 3.05) is 63.0 Å². The maximum Gasteiger partial charge on any atom is 0.323 e. The van der Waals surface area contributed by atoms with Crippen LogP contribution in [0.4, 0.5) is 22.0 Å². The summed E-state index contributed by atoms with van der Waals surface area (Å²) in [5, 5.41) is 5.77. The Morgan fingerprint density at radius 2 is 1.62 bits per heavy atom. The van der Waals surface area contributed by atoms with Crippen molar-refractivity contribution in [2.24, 2.45) is 0 Å². The monoisotopic (exact) mass is 543 g/mol. The van der Waals surface area contributed by atoms with E-state index in [9.17, 15) is 4.79 Å². The lowest BCUT2D eigenvalue weighted by Crippen LogP contribution is -2.47. The van der Waals surface area contributed by atoms with Crippen LogP contribution < -0.4 is 20.3 Å². The number of likely N-dealkylation sites (N-methyl/N-ethyl adjacent to an activating group) is 1. The Hall–Kier alpha value is -3.73. The van der Waals surface area contributed by atoms with E-state index in [0.29, 0.717) is 30.1 Å². The van der Waals surface area contributed by atoms with Gasteiger partial charge < -0.3 is 29.9 Å². The number of hydrogen-bond acceptors (Lipinski definition) is 8. The molecule has 4 heterocycles. The van der Waals surface area contributed by atoms with Gasteiger partial charge in [-0.3, -0.25) is 4.90 Å². The first-order valence-electron chi connectivity index (χ1n) is 13.9. The van der Waals surface area contributed by atoms with E-state index in [0.717, 1.165) is 74.3 Å². The molecule has 3 aliphatic heterocycles. The molecule has 2 amide bonds. The molecule has 0 saturated carbocycles. The van der Waals surface area contributed by atoms with Crippen molar-refractivity contribution in [1.82, 2.24) is 19.8 Å². The van der Waals surface area contributed by atoms with E-state index in [-0.39, 0.29) is 6.03 Å². The maximum absolute atomic E-state index is 12.6. The predicted molar refractivity (Wildman–Crippen MR) is 156 cm³/mol. The van der Waals surface area contributed by atoms with Gasteiger partial charge in [-0.1, -0.05) is 0 Å². The molecule has 10 heteroatoms. The minimum Gasteiger partial charge on any atom is -0.492 e. The molecule has 3 aliphatic rings. The van der Waals surface area contributed by atoms with Crippen molar-refractivity contribution in [1.29, 1.82) is 0 Å². The molecule has 2 bridgehead atoms. The second-order valence-corrected chi connectivity index (χ2v) is 11.1. The van der Waals surface area contributed by atoms with Gasteiger partial charge in [-0.15, -0.1) is 0 Å². The van der Waals surface area contributed by atoms with Gasteiger partial charge in [-0.05, 0) is 82.5 Å². The molecule has 2 N–H and O–H groups in total. The largest absolute Gasteiger partial charge is 0.492 e. The molecule has 0 aliphatic carbocycles. The minimum absolute atomic E-state index is 0.309. The average molecular weight is 544 g/mol. The minimum atomic E-state index is -0.309. The highest BCUT2D eigenvalue weighted by atomic mass is 16.5. The van der Waals surface area contributed by atoms with Crippen molar-refractivity contribution in [3.8, 4) is 17.1 Å². The molecule has 2 unspecified atom stereocenters. The Kier molecular flexibility index (Phi) is 7.55. The molecular formula is C30H37N7O3. The first kappa shape index (κ1) is 26.5. The highest BCUT2D eigenvalue weighted by molar-refractivity contribution is 5.99. The molecule has 0 spiro atoms. The van der Waals surface area contributed by atoms with Crippen molar-refractivity contribution >= 4 is 23.2 Å². The number of carbonyl (C=O) groups is 1. The number of morpholine rings is 1. The molecule has 2 fully saturated rings. The third-order valence-corrected chi connectivity index (χ3v) is 7.72. The summed E-state index contributed by atoms with van der Waals surface area (Å²) >= 11 is 0. The van der Waals surface area contributed by atoms with Crippen LogP contribution in [-0.4, -0.2) is 85.4 Å². The van der Waals surface area contributed by atoms with Gasteiger partial charge in [0.1, 0.15) is 18.2 Å². The molecule has 2 atom stereocenters. The molecule has 40 heavy (non-hydrogen) atoms. The van der Waals surface area contributed by atoms with Gasteiger partial charge in [0.2, 0.25) is 0 Å². The second-order valence-electron chi connectivity index (χ2n) is 11.1. The van der Waals surface area contributed by atoms with Gasteiger partial charge >= 0.3 is 6.03 Å². The number of carbonyl (C=O) groups excluding carboxylic acids is 1. The molecule has 1 aromatic heterocycles. The van der Waals surface area contributed by atoms with E-state index >= 15 is 0 Å². The summed E-state index contributed by atoms with van der Waals surface area (Å²) in [6.45, 7) is 4.66. The number of rotatable bonds is 8. The van der Waals surface area contributed by atoms with Crippen LogP contribution in [0.1, 0.15) is 24.1 Å². The van der Waals surface area contributed by atoms with Gasteiger partial charge in [-0.25, -0.2) is 14.8 Å². The summed E-state index contributed by atoms with van der Waals surface area (Å²) in [4.78, 5) is 29.5. The Labute approximate surface area is 235 Å². The summed E-state index contributed by atoms with van der Waals surface area (Å²) < 4.78 is 11.5. The molecule has 3 aromatic rings. The van der Waals surface area contributed by atoms with E-state index in [1.54, 1.807) is 0 Å². The number of amides is 2. The van der Waals surface area contributed by atoms with Crippen LogP contribution in [0.5, 0.6) is 5.75 Å². The summed E-state index contributed by atoms with van der Waals surface area (Å²) in [5.74, 6) is 2.56. The Balaban J connectivity index is 1.12. The zero-order valence-corrected chi connectivity index (χ0v) is 23.4.